The third kappa shape index (κ3) is 1.55. The molecule has 3 rings (SSSR count). The van der Waals surface area contributed by atoms with E-state index in [1.54, 1.807) is 6.20 Å². The summed E-state index contributed by atoms with van der Waals surface area (Å²) in [5.74, 6) is 0.699. The van der Waals surface area contributed by atoms with Crippen LogP contribution in [0.25, 0.3) is 22.4 Å². The first kappa shape index (κ1) is 9.36. The fourth-order valence-corrected chi connectivity index (χ4v) is 1.65. The summed E-state index contributed by atoms with van der Waals surface area (Å²) in [5.41, 5.74) is 1.52. The van der Waals surface area contributed by atoms with E-state index in [0.29, 0.717) is 16.6 Å². The van der Waals surface area contributed by atoms with Gasteiger partial charge in [0.25, 0.3) is 0 Å². The number of furan rings is 1. The van der Waals surface area contributed by atoms with Crippen molar-refractivity contribution in [2.75, 3.05) is 0 Å². The summed E-state index contributed by atoms with van der Waals surface area (Å²) in [5, 5.41) is 1.43. The molecule has 0 amide bonds. The molecule has 0 saturated heterocycles. The molecule has 0 atom stereocenters. The van der Waals surface area contributed by atoms with Crippen molar-refractivity contribution in [3.8, 4) is 11.5 Å². The van der Waals surface area contributed by atoms with E-state index in [1.165, 1.54) is 6.20 Å². The Kier molecular flexibility index (Phi) is 2.11. The molecule has 16 heavy (non-hydrogen) atoms. The zero-order valence-electron chi connectivity index (χ0n) is 8.22. The van der Waals surface area contributed by atoms with Gasteiger partial charge in [-0.2, -0.15) is 0 Å². The van der Waals surface area contributed by atoms with Crippen LogP contribution in [0, 0.1) is 0 Å². The van der Waals surface area contributed by atoms with Crippen LogP contribution in [0.1, 0.15) is 0 Å². The summed E-state index contributed by atoms with van der Waals surface area (Å²) in [6, 6.07) is 9.75. The van der Waals surface area contributed by atoms with Crippen molar-refractivity contribution in [2.24, 2.45) is 0 Å². The van der Waals surface area contributed by atoms with Crippen molar-refractivity contribution in [3.63, 3.8) is 0 Å². The molecule has 0 bridgehead atoms. The first-order valence-corrected chi connectivity index (χ1v) is 5.17. The van der Waals surface area contributed by atoms with Crippen LogP contribution in [-0.2, 0) is 0 Å². The zero-order valence-corrected chi connectivity index (χ0v) is 8.98. The van der Waals surface area contributed by atoms with Gasteiger partial charge in [0, 0.05) is 5.39 Å². The van der Waals surface area contributed by atoms with E-state index in [-0.39, 0.29) is 0 Å². The van der Waals surface area contributed by atoms with E-state index in [2.05, 4.69) is 9.97 Å². The number of halogens is 1. The van der Waals surface area contributed by atoms with E-state index in [1.807, 2.05) is 30.3 Å². The Morgan fingerprint density at radius 3 is 2.69 bits per heavy atom. The third-order valence-corrected chi connectivity index (χ3v) is 2.49. The molecule has 0 aliphatic carbocycles. The summed E-state index contributed by atoms with van der Waals surface area (Å²) in [6.45, 7) is 0. The SMILES string of the molecule is Clc1cnc(-c2cc3ccccc3o2)cn1. The lowest BCUT2D eigenvalue weighted by molar-refractivity contribution is 0.628. The number of hydrogen-bond donors (Lipinski definition) is 0. The van der Waals surface area contributed by atoms with Gasteiger partial charge in [-0.3, -0.25) is 0 Å². The second-order valence-corrected chi connectivity index (χ2v) is 3.76. The molecule has 0 fully saturated rings. The maximum Gasteiger partial charge on any atom is 0.155 e. The lowest BCUT2D eigenvalue weighted by Crippen LogP contribution is -1.82. The average molecular weight is 231 g/mol. The number of para-hydroxylation sites is 1. The smallest absolute Gasteiger partial charge is 0.155 e. The van der Waals surface area contributed by atoms with Crippen molar-refractivity contribution >= 4 is 22.6 Å². The molecule has 3 aromatic rings. The summed E-state index contributed by atoms with van der Waals surface area (Å²) in [6.07, 6.45) is 3.10. The minimum Gasteiger partial charge on any atom is -0.454 e. The maximum atomic E-state index is 5.67. The van der Waals surface area contributed by atoms with Crippen molar-refractivity contribution in [2.45, 2.75) is 0 Å². The number of hydrogen-bond acceptors (Lipinski definition) is 3. The van der Waals surface area contributed by atoms with Crippen LogP contribution in [0.3, 0.4) is 0 Å². The number of fused-ring (bicyclic) bond motifs is 1. The molecule has 0 saturated carbocycles. The summed E-state index contributed by atoms with van der Waals surface area (Å²) >= 11 is 5.67. The minimum absolute atomic E-state index is 0.375. The van der Waals surface area contributed by atoms with Crippen molar-refractivity contribution in [3.05, 3.63) is 47.9 Å². The fraction of sp³-hybridized carbons (Fsp3) is 0. The number of benzene rings is 1. The van der Waals surface area contributed by atoms with E-state index in [0.717, 1.165) is 11.0 Å². The second kappa shape index (κ2) is 3.61. The highest BCUT2D eigenvalue weighted by molar-refractivity contribution is 6.29. The Labute approximate surface area is 96.7 Å². The van der Waals surface area contributed by atoms with Crippen LogP contribution in [0.2, 0.25) is 5.15 Å². The summed E-state index contributed by atoms with van der Waals surface area (Å²) in [7, 11) is 0. The van der Waals surface area contributed by atoms with E-state index < -0.39 is 0 Å². The highest BCUT2D eigenvalue weighted by atomic mass is 35.5. The van der Waals surface area contributed by atoms with Crippen molar-refractivity contribution < 1.29 is 4.42 Å². The predicted octanol–water partition coefficient (Wildman–Crippen LogP) is 3.54. The molecule has 0 aliphatic heterocycles. The molecular formula is C12H7ClN2O. The normalized spacial score (nSPS) is 10.8. The Morgan fingerprint density at radius 1 is 1.06 bits per heavy atom. The molecule has 1 aromatic carbocycles. The van der Waals surface area contributed by atoms with Gasteiger partial charge in [0.1, 0.15) is 16.4 Å². The monoisotopic (exact) mass is 230 g/mol. The largest absolute Gasteiger partial charge is 0.454 e. The highest BCUT2D eigenvalue weighted by Gasteiger charge is 2.06. The van der Waals surface area contributed by atoms with Crippen LogP contribution in [0.15, 0.2) is 47.1 Å². The quantitative estimate of drug-likeness (QED) is 0.642. The molecule has 0 radical (unpaired) electrons. The Hall–Kier alpha value is -1.87. The van der Waals surface area contributed by atoms with E-state index in [9.17, 15) is 0 Å². The molecule has 3 nitrogen and oxygen atoms in total. The third-order valence-electron chi connectivity index (χ3n) is 2.30. The lowest BCUT2D eigenvalue weighted by Gasteiger charge is -1.93. The van der Waals surface area contributed by atoms with Gasteiger partial charge in [0.15, 0.2) is 5.76 Å². The number of nitrogens with zero attached hydrogens (tertiary/aromatic N) is 2. The summed E-state index contributed by atoms with van der Waals surface area (Å²) in [4.78, 5) is 8.12. The van der Waals surface area contributed by atoms with Gasteiger partial charge in [-0.15, -0.1) is 0 Å². The second-order valence-electron chi connectivity index (χ2n) is 3.37. The Morgan fingerprint density at radius 2 is 1.94 bits per heavy atom. The topological polar surface area (TPSA) is 38.9 Å². The van der Waals surface area contributed by atoms with Gasteiger partial charge in [-0.05, 0) is 12.1 Å². The zero-order chi connectivity index (χ0) is 11.0. The van der Waals surface area contributed by atoms with E-state index >= 15 is 0 Å². The van der Waals surface area contributed by atoms with Gasteiger partial charge >= 0.3 is 0 Å². The average Bonchev–Trinajstić information content (AvgIpc) is 2.73. The fourth-order valence-electron chi connectivity index (χ4n) is 1.55. The van der Waals surface area contributed by atoms with Gasteiger partial charge in [0.05, 0.1) is 12.4 Å². The first-order chi connectivity index (χ1) is 7.83. The molecule has 0 aliphatic rings. The molecule has 2 aromatic heterocycles. The van der Waals surface area contributed by atoms with Crippen LogP contribution in [0.4, 0.5) is 0 Å². The van der Waals surface area contributed by atoms with Gasteiger partial charge in [0.2, 0.25) is 0 Å². The molecule has 0 spiro atoms. The van der Waals surface area contributed by atoms with E-state index in [4.69, 9.17) is 16.0 Å². The standard InChI is InChI=1S/C12H7ClN2O/c13-12-7-14-9(6-15-12)11-5-8-3-1-2-4-10(8)16-11/h1-7H. The Balaban J connectivity index is 2.15. The van der Waals surface area contributed by atoms with Crippen molar-refractivity contribution in [1.29, 1.82) is 0 Å². The van der Waals surface area contributed by atoms with Gasteiger partial charge in [-0.25, -0.2) is 9.97 Å². The molecular weight excluding hydrogens is 224 g/mol. The van der Waals surface area contributed by atoms with Crippen LogP contribution >= 0.6 is 11.6 Å². The van der Waals surface area contributed by atoms with Crippen LogP contribution in [-0.4, -0.2) is 9.97 Å². The lowest BCUT2D eigenvalue weighted by atomic mass is 10.2. The van der Waals surface area contributed by atoms with Crippen molar-refractivity contribution in [1.82, 2.24) is 9.97 Å². The molecule has 78 valence electrons. The van der Waals surface area contributed by atoms with Crippen LogP contribution < -0.4 is 0 Å². The maximum absolute atomic E-state index is 5.67. The van der Waals surface area contributed by atoms with Gasteiger partial charge in [-0.1, -0.05) is 29.8 Å². The molecule has 0 N–H and O–H groups in total. The van der Waals surface area contributed by atoms with Gasteiger partial charge < -0.3 is 4.42 Å². The highest BCUT2D eigenvalue weighted by Crippen LogP contribution is 2.25. The predicted molar refractivity (Wildman–Crippen MR) is 62.3 cm³/mol. The Bertz CT molecular complexity index is 598. The molecule has 2 heterocycles. The molecule has 0 unspecified atom stereocenters. The van der Waals surface area contributed by atoms with Crippen LogP contribution in [0.5, 0.6) is 0 Å². The minimum atomic E-state index is 0.375. The summed E-state index contributed by atoms with van der Waals surface area (Å²) < 4.78 is 5.65. The number of aromatic nitrogens is 2. The molecule has 4 heteroatoms. The first-order valence-electron chi connectivity index (χ1n) is 4.79. The number of rotatable bonds is 1.